The van der Waals surface area contributed by atoms with Crippen LogP contribution in [-0.2, 0) is 9.53 Å². The van der Waals surface area contributed by atoms with Crippen LogP contribution < -0.4 is 5.32 Å². The molecule has 1 atom stereocenters. The maximum Gasteiger partial charge on any atom is 0.320 e. The normalized spacial score (nSPS) is 27.2. The molecule has 2 saturated heterocycles. The second kappa shape index (κ2) is 6.33. The van der Waals surface area contributed by atoms with Gasteiger partial charge in [0.15, 0.2) is 0 Å². The van der Waals surface area contributed by atoms with Crippen LogP contribution in [0.1, 0.15) is 13.3 Å². The third-order valence-corrected chi connectivity index (χ3v) is 3.57. The second-order valence-electron chi connectivity index (χ2n) is 4.77. The van der Waals surface area contributed by atoms with E-state index in [4.69, 9.17) is 4.74 Å². The van der Waals surface area contributed by atoms with Gasteiger partial charge in [-0.15, -0.1) is 0 Å². The second-order valence-corrected chi connectivity index (χ2v) is 4.77. The van der Waals surface area contributed by atoms with Crippen LogP contribution in [0.2, 0.25) is 0 Å². The monoisotopic (exact) mass is 241 g/mol. The Hall–Kier alpha value is -0.650. The van der Waals surface area contributed by atoms with Crippen molar-refractivity contribution >= 4 is 5.97 Å². The zero-order chi connectivity index (χ0) is 12.1. The molecule has 17 heavy (non-hydrogen) atoms. The molecular weight excluding hydrogens is 218 g/mol. The number of nitrogens with zero attached hydrogens (tertiary/aromatic N) is 2. The van der Waals surface area contributed by atoms with Crippen molar-refractivity contribution in [3.63, 3.8) is 0 Å². The van der Waals surface area contributed by atoms with E-state index in [1.54, 1.807) is 0 Å². The van der Waals surface area contributed by atoms with Gasteiger partial charge in [0.1, 0.15) is 0 Å². The first-order valence-electron chi connectivity index (χ1n) is 6.62. The fraction of sp³-hybridized carbons (Fsp3) is 0.917. The molecule has 1 unspecified atom stereocenters. The molecule has 0 aromatic rings. The van der Waals surface area contributed by atoms with Crippen molar-refractivity contribution in [2.24, 2.45) is 0 Å². The van der Waals surface area contributed by atoms with Gasteiger partial charge in [-0.25, -0.2) is 0 Å². The van der Waals surface area contributed by atoms with Gasteiger partial charge in [0.2, 0.25) is 0 Å². The Kier molecular flexibility index (Phi) is 4.76. The maximum atomic E-state index is 11.4. The van der Waals surface area contributed by atoms with Gasteiger partial charge in [-0.3, -0.25) is 14.6 Å². The Labute approximate surface area is 103 Å². The summed E-state index contributed by atoms with van der Waals surface area (Å²) >= 11 is 0. The van der Waals surface area contributed by atoms with Gasteiger partial charge in [0.25, 0.3) is 0 Å². The van der Waals surface area contributed by atoms with E-state index in [9.17, 15) is 4.79 Å². The van der Waals surface area contributed by atoms with E-state index in [0.717, 1.165) is 39.3 Å². The van der Waals surface area contributed by atoms with Crippen LogP contribution >= 0.6 is 0 Å². The number of ether oxygens (including phenoxy) is 1. The highest BCUT2D eigenvalue weighted by molar-refractivity contribution is 5.71. The molecule has 2 aliphatic heterocycles. The molecule has 0 amide bonds. The van der Waals surface area contributed by atoms with E-state index >= 15 is 0 Å². The highest BCUT2D eigenvalue weighted by atomic mass is 16.5. The standard InChI is InChI=1S/C12H23N3O2/c1-2-17-12(16)10-14-6-3-11(9-14)15-7-4-13-5-8-15/h11,13H,2-10H2,1H3. The van der Waals surface area contributed by atoms with E-state index in [1.807, 2.05) is 6.92 Å². The average Bonchev–Trinajstić information content (AvgIpc) is 2.79. The summed E-state index contributed by atoms with van der Waals surface area (Å²) in [7, 11) is 0. The van der Waals surface area contributed by atoms with Gasteiger partial charge < -0.3 is 10.1 Å². The zero-order valence-corrected chi connectivity index (χ0v) is 10.7. The van der Waals surface area contributed by atoms with E-state index in [0.29, 0.717) is 19.2 Å². The van der Waals surface area contributed by atoms with Crippen molar-refractivity contribution in [1.29, 1.82) is 0 Å². The van der Waals surface area contributed by atoms with Crippen LogP contribution in [0.25, 0.3) is 0 Å². The Morgan fingerprint density at radius 2 is 2.12 bits per heavy atom. The minimum absolute atomic E-state index is 0.0894. The number of likely N-dealkylation sites (tertiary alicyclic amines) is 1. The smallest absolute Gasteiger partial charge is 0.320 e. The van der Waals surface area contributed by atoms with Crippen LogP contribution in [0, 0.1) is 0 Å². The van der Waals surface area contributed by atoms with Gasteiger partial charge in [0.05, 0.1) is 13.2 Å². The zero-order valence-electron chi connectivity index (χ0n) is 10.7. The number of rotatable bonds is 4. The summed E-state index contributed by atoms with van der Waals surface area (Å²) in [5, 5.41) is 3.37. The molecule has 0 aromatic carbocycles. The van der Waals surface area contributed by atoms with E-state index in [-0.39, 0.29) is 5.97 Å². The lowest BCUT2D eigenvalue weighted by molar-refractivity contribution is -0.144. The van der Waals surface area contributed by atoms with Crippen LogP contribution in [-0.4, -0.2) is 74.2 Å². The van der Waals surface area contributed by atoms with Crippen LogP contribution in [0.5, 0.6) is 0 Å². The number of hydrogen-bond donors (Lipinski definition) is 1. The van der Waals surface area contributed by atoms with Gasteiger partial charge in [-0.2, -0.15) is 0 Å². The number of carbonyl (C=O) groups is 1. The molecule has 0 aromatic heterocycles. The topological polar surface area (TPSA) is 44.8 Å². The first-order valence-corrected chi connectivity index (χ1v) is 6.62. The van der Waals surface area contributed by atoms with Crippen LogP contribution in [0.15, 0.2) is 0 Å². The van der Waals surface area contributed by atoms with E-state index in [2.05, 4.69) is 15.1 Å². The third-order valence-electron chi connectivity index (χ3n) is 3.57. The lowest BCUT2D eigenvalue weighted by atomic mass is 10.2. The Morgan fingerprint density at radius 3 is 2.82 bits per heavy atom. The minimum atomic E-state index is -0.0894. The molecule has 0 saturated carbocycles. The summed E-state index contributed by atoms with van der Waals surface area (Å²) in [4.78, 5) is 16.2. The predicted octanol–water partition coefficient (Wildman–Crippen LogP) is -0.471. The molecule has 2 aliphatic rings. The molecule has 98 valence electrons. The maximum absolute atomic E-state index is 11.4. The Bertz CT molecular complexity index is 254. The third kappa shape index (κ3) is 3.66. The van der Waals surface area contributed by atoms with Crippen LogP contribution in [0.4, 0.5) is 0 Å². The largest absolute Gasteiger partial charge is 0.465 e. The highest BCUT2D eigenvalue weighted by Gasteiger charge is 2.29. The van der Waals surface area contributed by atoms with E-state index < -0.39 is 0 Å². The van der Waals surface area contributed by atoms with Crippen molar-refractivity contribution in [3.8, 4) is 0 Å². The quantitative estimate of drug-likeness (QED) is 0.674. The molecule has 1 N–H and O–H groups in total. The number of hydrogen-bond acceptors (Lipinski definition) is 5. The molecule has 5 heteroatoms. The van der Waals surface area contributed by atoms with Gasteiger partial charge in [0, 0.05) is 45.3 Å². The highest BCUT2D eigenvalue weighted by Crippen LogP contribution is 2.15. The number of carbonyl (C=O) groups excluding carboxylic acids is 1. The SMILES string of the molecule is CCOC(=O)CN1CCC(N2CCNCC2)C1. The fourth-order valence-corrected chi connectivity index (χ4v) is 2.69. The van der Waals surface area contributed by atoms with Crippen molar-refractivity contribution in [2.45, 2.75) is 19.4 Å². The molecule has 5 nitrogen and oxygen atoms in total. The molecular formula is C12H23N3O2. The van der Waals surface area contributed by atoms with Gasteiger partial charge in [-0.1, -0.05) is 0 Å². The summed E-state index contributed by atoms with van der Waals surface area (Å²) in [6.45, 7) is 9.28. The molecule has 2 heterocycles. The summed E-state index contributed by atoms with van der Waals surface area (Å²) in [5.41, 5.74) is 0. The number of nitrogens with one attached hydrogen (secondary N) is 1. The summed E-state index contributed by atoms with van der Waals surface area (Å²) in [6, 6.07) is 0.631. The minimum Gasteiger partial charge on any atom is -0.465 e. The van der Waals surface area contributed by atoms with E-state index in [1.165, 1.54) is 6.42 Å². The van der Waals surface area contributed by atoms with Crippen molar-refractivity contribution in [1.82, 2.24) is 15.1 Å². The van der Waals surface area contributed by atoms with Gasteiger partial charge in [-0.05, 0) is 13.3 Å². The summed E-state index contributed by atoms with van der Waals surface area (Å²) in [5.74, 6) is -0.0894. The molecule has 2 rings (SSSR count). The first kappa shape index (κ1) is 12.8. The summed E-state index contributed by atoms with van der Waals surface area (Å²) < 4.78 is 4.98. The Morgan fingerprint density at radius 1 is 1.35 bits per heavy atom. The molecule has 2 fully saturated rings. The summed E-state index contributed by atoms with van der Waals surface area (Å²) in [6.07, 6.45) is 1.18. The predicted molar refractivity (Wildman–Crippen MR) is 65.9 cm³/mol. The lowest BCUT2D eigenvalue weighted by Crippen LogP contribution is -2.49. The first-order chi connectivity index (χ1) is 8.29. The average molecular weight is 241 g/mol. The molecule has 0 radical (unpaired) electrons. The number of esters is 1. The number of piperazine rings is 1. The lowest BCUT2D eigenvalue weighted by Gasteiger charge is -2.32. The van der Waals surface area contributed by atoms with Crippen molar-refractivity contribution < 1.29 is 9.53 Å². The Balaban J connectivity index is 1.73. The fourth-order valence-electron chi connectivity index (χ4n) is 2.69. The van der Waals surface area contributed by atoms with Gasteiger partial charge >= 0.3 is 5.97 Å². The van der Waals surface area contributed by atoms with Crippen LogP contribution in [0.3, 0.4) is 0 Å². The molecule has 0 aliphatic carbocycles. The molecule has 0 bridgehead atoms. The molecule has 0 spiro atoms. The van der Waals surface area contributed by atoms with Crippen molar-refractivity contribution in [2.75, 3.05) is 52.4 Å². The van der Waals surface area contributed by atoms with Crippen molar-refractivity contribution in [3.05, 3.63) is 0 Å².